The molecule has 2 aromatic rings. The van der Waals surface area contributed by atoms with Gasteiger partial charge in [-0.25, -0.2) is 0 Å². The lowest BCUT2D eigenvalue weighted by molar-refractivity contribution is 0.0828. The molecule has 148 valence electrons. The number of hydrogen-bond donors (Lipinski definition) is 2. The lowest BCUT2D eigenvalue weighted by Gasteiger charge is -2.16. The van der Waals surface area contributed by atoms with E-state index in [1.165, 1.54) is 4.90 Å². The van der Waals surface area contributed by atoms with Crippen molar-refractivity contribution in [3.63, 3.8) is 0 Å². The van der Waals surface area contributed by atoms with Crippen LogP contribution in [0.3, 0.4) is 0 Å². The van der Waals surface area contributed by atoms with Crippen LogP contribution < -0.4 is 15.4 Å². The number of carbonyl (C=O) groups is 2. The van der Waals surface area contributed by atoms with Crippen molar-refractivity contribution < 1.29 is 14.3 Å². The van der Waals surface area contributed by atoms with Crippen LogP contribution in [0.1, 0.15) is 34.6 Å². The molecule has 2 N–H and O–H groups in total. The van der Waals surface area contributed by atoms with E-state index in [1.54, 1.807) is 62.6 Å². The van der Waals surface area contributed by atoms with Crippen LogP contribution in [0.25, 0.3) is 0 Å². The fraction of sp³-hybridized carbons (Fsp3) is 0.286. The van der Waals surface area contributed by atoms with Gasteiger partial charge in [0.25, 0.3) is 11.8 Å². The summed E-state index contributed by atoms with van der Waals surface area (Å²) in [4.78, 5) is 26.1. The Morgan fingerprint density at radius 3 is 2.32 bits per heavy atom. The summed E-state index contributed by atoms with van der Waals surface area (Å²) in [5, 5.41) is 5.66. The molecule has 0 saturated carbocycles. The number of para-hydroxylation sites is 1. The van der Waals surface area contributed by atoms with Gasteiger partial charge in [-0.15, -0.1) is 0 Å². The highest BCUT2D eigenvalue weighted by molar-refractivity contribution is 7.80. The molecule has 0 fully saturated rings. The van der Waals surface area contributed by atoms with Crippen molar-refractivity contribution in [2.75, 3.05) is 26.0 Å². The molecule has 0 bridgehead atoms. The number of carbonyl (C=O) groups excluding carboxylic acids is 2. The van der Waals surface area contributed by atoms with Crippen LogP contribution in [0, 0.1) is 5.92 Å². The van der Waals surface area contributed by atoms with Gasteiger partial charge in [-0.05, 0) is 54.5 Å². The Labute approximate surface area is 170 Å². The minimum atomic E-state index is -0.343. The molecule has 2 aromatic carbocycles. The molecule has 0 unspecified atom stereocenters. The first-order valence-corrected chi connectivity index (χ1v) is 9.34. The van der Waals surface area contributed by atoms with Crippen LogP contribution in [0.2, 0.25) is 0 Å². The highest BCUT2D eigenvalue weighted by Gasteiger charge is 2.15. The molecular weight excluding hydrogens is 374 g/mol. The first-order chi connectivity index (χ1) is 13.3. The maximum absolute atomic E-state index is 12.4. The summed E-state index contributed by atoms with van der Waals surface area (Å²) < 4.78 is 5.61. The molecule has 7 heteroatoms. The van der Waals surface area contributed by atoms with Crippen LogP contribution >= 0.6 is 12.2 Å². The fourth-order valence-electron chi connectivity index (χ4n) is 2.31. The molecule has 0 aromatic heterocycles. The molecule has 28 heavy (non-hydrogen) atoms. The van der Waals surface area contributed by atoms with Gasteiger partial charge in [0.15, 0.2) is 5.11 Å². The number of nitrogens with zero attached hydrogens (tertiary/aromatic N) is 1. The van der Waals surface area contributed by atoms with E-state index in [0.717, 1.165) is 0 Å². The third-order valence-electron chi connectivity index (χ3n) is 3.74. The van der Waals surface area contributed by atoms with Crippen molar-refractivity contribution in [2.24, 2.45) is 5.92 Å². The van der Waals surface area contributed by atoms with Gasteiger partial charge in [0.05, 0.1) is 17.9 Å². The first-order valence-electron chi connectivity index (χ1n) is 8.93. The van der Waals surface area contributed by atoms with Crippen molar-refractivity contribution in [3.05, 3.63) is 59.7 Å². The molecule has 2 amide bonds. The van der Waals surface area contributed by atoms with E-state index >= 15 is 0 Å². The Hall–Kier alpha value is -2.93. The predicted octanol–water partition coefficient (Wildman–Crippen LogP) is 3.55. The monoisotopic (exact) mass is 399 g/mol. The number of thiocarbonyl (C=S) groups is 1. The quantitative estimate of drug-likeness (QED) is 0.727. The van der Waals surface area contributed by atoms with E-state index in [-0.39, 0.29) is 16.9 Å². The number of rotatable bonds is 6. The second-order valence-electron chi connectivity index (χ2n) is 6.88. The van der Waals surface area contributed by atoms with E-state index < -0.39 is 0 Å². The van der Waals surface area contributed by atoms with Crippen LogP contribution in [-0.2, 0) is 0 Å². The molecule has 0 radical (unpaired) electrons. The Balaban J connectivity index is 2.00. The largest absolute Gasteiger partial charge is 0.493 e. The van der Waals surface area contributed by atoms with Gasteiger partial charge in [0.1, 0.15) is 5.75 Å². The number of nitrogens with one attached hydrogen (secondary N) is 2. The second-order valence-corrected chi connectivity index (χ2v) is 7.29. The highest BCUT2D eigenvalue weighted by atomic mass is 32.1. The summed E-state index contributed by atoms with van der Waals surface area (Å²) in [6.45, 7) is 4.75. The predicted molar refractivity (Wildman–Crippen MR) is 115 cm³/mol. The number of anilines is 1. The molecule has 0 aliphatic rings. The summed E-state index contributed by atoms with van der Waals surface area (Å²) in [7, 11) is 3.35. The zero-order valence-corrected chi connectivity index (χ0v) is 17.3. The molecule has 6 nitrogen and oxygen atoms in total. The van der Waals surface area contributed by atoms with Gasteiger partial charge in [-0.3, -0.25) is 14.9 Å². The minimum absolute atomic E-state index is 0.115. The van der Waals surface area contributed by atoms with E-state index in [1.807, 2.05) is 0 Å². The molecular formula is C21H25N3O3S. The summed E-state index contributed by atoms with van der Waals surface area (Å²) in [6, 6.07) is 13.8. The Bertz CT molecular complexity index is 848. The topological polar surface area (TPSA) is 70.7 Å². The van der Waals surface area contributed by atoms with E-state index in [9.17, 15) is 9.59 Å². The Morgan fingerprint density at radius 2 is 1.71 bits per heavy atom. The van der Waals surface area contributed by atoms with Crippen molar-refractivity contribution in [3.8, 4) is 5.75 Å². The van der Waals surface area contributed by atoms with Crippen molar-refractivity contribution >= 4 is 34.8 Å². The van der Waals surface area contributed by atoms with Crippen LogP contribution in [-0.4, -0.2) is 42.5 Å². The average Bonchev–Trinajstić information content (AvgIpc) is 2.66. The molecule has 0 heterocycles. The Morgan fingerprint density at radius 1 is 1.07 bits per heavy atom. The molecule has 0 spiro atoms. The van der Waals surface area contributed by atoms with Gasteiger partial charge in [0, 0.05) is 19.7 Å². The van der Waals surface area contributed by atoms with Crippen LogP contribution in [0.5, 0.6) is 5.75 Å². The number of benzene rings is 2. The van der Waals surface area contributed by atoms with E-state index in [4.69, 9.17) is 17.0 Å². The molecule has 0 aliphatic heterocycles. The summed E-state index contributed by atoms with van der Waals surface area (Å²) in [5.74, 6) is 0.634. The molecule has 2 rings (SSSR count). The van der Waals surface area contributed by atoms with Gasteiger partial charge in [-0.2, -0.15) is 0 Å². The van der Waals surface area contributed by atoms with E-state index in [0.29, 0.717) is 35.1 Å². The lowest BCUT2D eigenvalue weighted by atomic mass is 10.1. The maximum atomic E-state index is 12.4. The number of ether oxygens (including phenoxy) is 1. The van der Waals surface area contributed by atoms with Gasteiger partial charge in [-0.1, -0.05) is 26.0 Å². The standard InChI is InChI=1S/C21H25N3O3S/c1-14(2)13-27-16-11-9-15(10-12-16)19(25)23-21(28)22-18-8-6-5-7-17(18)20(26)24(3)4/h5-12,14H,13H2,1-4H3,(H2,22,23,25,28). The van der Waals surface area contributed by atoms with Crippen molar-refractivity contribution in [1.82, 2.24) is 10.2 Å². The number of amides is 2. The van der Waals surface area contributed by atoms with Crippen LogP contribution in [0.15, 0.2) is 48.5 Å². The summed E-state index contributed by atoms with van der Waals surface area (Å²) >= 11 is 5.23. The molecule has 0 atom stereocenters. The summed E-state index contributed by atoms with van der Waals surface area (Å²) in [6.07, 6.45) is 0. The zero-order chi connectivity index (χ0) is 20.7. The first kappa shape index (κ1) is 21.4. The van der Waals surface area contributed by atoms with Gasteiger partial charge >= 0.3 is 0 Å². The molecule has 0 aliphatic carbocycles. The van der Waals surface area contributed by atoms with Gasteiger partial charge in [0.2, 0.25) is 0 Å². The number of hydrogen-bond acceptors (Lipinski definition) is 4. The fourth-order valence-corrected chi connectivity index (χ4v) is 2.52. The van der Waals surface area contributed by atoms with Crippen LogP contribution in [0.4, 0.5) is 5.69 Å². The minimum Gasteiger partial charge on any atom is -0.493 e. The summed E-state index contributed by atoms with van der Waals surface area (Å²) in [5.41, 5.74) is 1.46. The normalized spacial score (nSPS) is 10.3. The third-order valence-corrected chi connectivity index (χ3v) is 3.94. The van der Waals surface area contributed by atoms with Crippen molar-refractivity contribution in [1.29, 1.82) is 0 Å². The average molecular weight is 400 g/mol. The van der Waals surface area contributed by atoms with E-state index in [2.05, 4.69) is 24.5 Å². The highest BCUT2D eigenvalue weighted by Crippen LogP contribution is 2.17. The zero-order valence-electron chi connectivity index (χ0n) is 16.5. The van der Waals surface area contributed by atoms with Crippen molar-refractivity contribution in [2.45, 2.75) is 13.8 Å². The second kappa shape index (κ2) is 9.85. The SMILES string of the molecule is CC(C)COc1ccc(C(=O)NC(=S)Nc2ccccc2C(=O)N(C)C)cc1. The Kier molecular flexibility index (Phi) is 7.52. The van der Waals surface area contributed by atoms with Gasteiger partial charge < -0.3 is 15.0 Å². The lowest BCUT2D eigenvalue weighted by Crippen LogP contribution is -2.35. The molecule has 0 saturated heterocycles. The third kappa shape index (κ3) is 6.06. The maximum Gasteiger partial charge on any atom is 0.257 e. The smallest absolute Gasteiger partial charge is 0.257 e.